The Labute approximate surface area is 232 Å². The maximum absolute atomic E-state index is 13.9. The highest BCUT2D eigenvalue weighted by atomic mass is 79.9. The lowest BCUT2D eigenvalue weighted by molar-refractivity contribution is -0.139. The standard InChI is InChI=1S/C29H36BrNO7/c1-28(2)11-18-25(20(32)13-28)24(16-9-17(30)27(22(10-16)37-6)38-15-23(34)35)26-19(31(18)7-8-36-5)12-29(3,4)14-21(26)33/h9-10,24H,7-8,11-15H2,1-6H3,(H,34,35). The van der Waals surface area contributed by atoms with Gasteiger partial charge < -0.3 is 24.2 Å². The Kier molecular flexibility index (Phi) is 7.83. The predicted octanol–water partition coefficient (Wildman–Crippen LogP) is 5.25. The molecule has 0 saturated carbocycles. The lowest BCUT2D eigenvalue weighted by atomic mass is 9.63. The normalized spacial score (nSPS) is 20.9. The van der Waals surface area contributed by atoms with Crippen molar-refractivity contribution in [2.75, 3.05) is 34.0 Å². The number of halogens is 1. The number of ether oxygens (including phenoxy) is 3. The Hall–Kier alpha value is -2.65. The number of allylic oxidation sites excluding steroid dienone is 4. The number of carbonyl (C=O) groups is 3. The minimum absolute atomic E-state index is 0.0362. The van der Waals surface area contributed by atoms with Crippen molar-refractivity contribution in [3.8, 4) is 11.5 Å². The van der Waals surface area contributed by atoms with Crippen LogP contribution in [0.15, 0.2) is 39.1 Å². The number of rotatable bonds is 8. The number of ketones is 2. The molecule has 0 aromatic heterocycles. The average molecular weight is 591 g/mol. The third-order valence-electron chi connectivity index (χ3n) is 7.47. The Balaban J connectivity index is 1.96. The number of methoxy groups -OCH3 is 2. The molecule has 2 aliphatic carbocycles. The predicted molar refractivity (Wildman–Crippen MR) is 145 cm³/mol. The van der Waals surface area contributed by atoms with E-state index in [1.807, 2.05) is 6.07 Å². The molecule has 0 radical (unpaired) electrons. The molecule has 0 spiro atoms. The molecule has 3 aliphatic rings. The van der Waals surface area contributed by atoms with Gasteiger partial charge in [0, 0.05) is 55.0 Å². The topological polar surface area (TPSA) is 102 Å². The van der Waals surface area contributed by atoms with Crippen LogP contribution in [0.5, 0.6) is 11.5 Å². The van der Waals surface area contributed by atoms with Gasteiger partial charge in [0.05, 0.1) is 18.2 Å². The van der Waals surface area contributed by atoms with Crippen LogP contribution in [0.3, 0.4) is 0 Å². The maximum Gasteiger partial charge on any atom is 0.341 e. The van der Waals surface area contributed by atoms with Gasteiger partial charge in [0.25, 0.3) is 0 Å². The van der Waals surface area contributed by atoms with Crippen LogP contribution in [-0.2, 0) is 19.1 Å². The molecule has 4 rings (SSSR count). The molecule has 9 heteroatoms. The number of carbonyl (C=O) groups excluding carboxylic acids is 2. The van der Waals surface area contributed by atoms with Crippen LogP contribution in [0.4, 0.5) is 0 Å². The van der Waals surface area contributed by atoms with Gasteiger partial charge in [0.15, 0.2) is 29.7 Å². The highest BCUT2D eigenvalue weighted by molar-refractivity contribution is 9.10. The van der Waals surface area contributed by atoms with E-state index in [4.69, 9.17) is 19.3 Å². The highest BCUT2D eigenvalue weighted by Gasteiger charge is 2.49. The van der Waals surface area contributed by atoms with Crippen LogP contribution in [0.25, 0.3) is 0 Å². The van der Waals surface area contributed by atoms with E-state index in [-0.39, 0.29) is 28.1 Å². The van der Waals surface area contributed by atoms with E-state index in [1.165, 1.54) is 7.11 Å². The Morgan fingerprint density at radius 1 is 1.00 bits per heavy atom. The van der Waals surface area contributed by atoms with Gasteiger partial charge in [0.1, 0.15) is 0 Å². The lowest BCUT2D eigenvalue weighted by Crippen LogP contribution is -2.45. The molecular weight excluding hydrogens is 554 g/mol. The summed E-state index contributed by atoms with van der Waals surface area (Å²) in [6, 6.07) is 3.57. The summed E-state index contributed by atoms with van der Waals surface area (Å²) in [7, 11) is 3.13. The number of hydrogen-bond donors (Lipinski definition) is 1. The number of hydrogen-bond acceptors (Lipinski definition) is 7. The molecule has 0 atom stereocenters. The molecule has 1 heterocycles. The van der Waals surface area contributed by atoms with Crippen LogP contribution in [-0.4, -0.2) is 61.5 Å². The summed E-state index contributed by atoms with van der Waals surface area (Å²) >= 11 is 3.52. The lowest BCUT2D eigenvalue weighted by Gasteiger charge is -2.49. The third-order valence-corrected chi connectivity index (χ3v) is 8.05. The van der Waals surface area contributed by atoms with Crippen LogP contribution >= 0.6 is 15.9 Å². The summed E-state index contributed by atoms with van der Waals surface area (Å²) in [4.78, 5) is 41.0. The van der Waals surface area contributed by atoms with Crippen molar-refractivity contribution < 1.29 is 33.7 Å². The number of aliphatic carboxylic acids is 1. The second-order valence-corrected chi connectivity index (χ2v) is 12.8. The first-order chi connectivity index (χ1) is 17.8. The quantitative estimate of drug-likeness (QED) is 0.438. The summed E-state index contributed by atoms with van der Waals surface area (Å²) in [5.41, 5.74) is 3.51. The van der Waals surface area contributed by atoms with Crippen molar-refractivity contribution in [1.29, 1.82) is 0 Å². The van der Waals surface area contributed by atoms with Crippen LogP contribution < -0.4 is 9.47 Å². The molecule has 0 unspecified atom stereocenters. The van der Waals surface area contributed by atoms with E-state index in [9.17, 15) is 14.4 Å². The Bertz CT molecular complexity index is 1190. The van der Waals surface area contributed by atoms with Crippen LogP contribution in [0.1, 0.15) is 64.9 Å². The number of carboxylic acids is 1. The third kappa shape index (κ3) is 5.41. The number of Topliss-reactive ketones (excluding diaryl/α,β-unsaturated/α-hetero) is 2. The maximum atomic E-state index is 13.9. The fourth-order valence-corrected chi connectivity index (χ4v) is 6.59. The van der Waals surface area contributed by atoms with Gasteiger partial charge in [-0.15, -0.1) is 0 Å². The van der Waals surface area contributed by atoms with Crippen LogP contribution in [0, 0.1) is 10.8 Å². The largest absolute Gasteiger partial charge is 0.493 e. The summed E-state index contributed by atoms with van der Waals surface area (Å²) in [6.07, 6.45) is 2.19. The van der Waals surface area contributed by atoms with Crippen molar-refractivity contribution in [2.24, 2.45) is 10.8 Å². The van der Waals surface area contributed by atoms with E-state index < -0.39 is 18.5 Å². The second kappa shape index (κ2) is 10.5. The summed E-state index contributed by atoms with van der Waals surface area (Å²) in [5.74, 6) is -1.00. The molecule has 38 heavy (non-hydrogen) atoms. The zero-order chi connectivity index (χ0) is 28.0. The van der Waals surface area contributed by atoms with Crippen molar-refractivity contribution in [3.63, 3.8) is 0 Å². The zero-order valence-electron chi connectivity index (χ0n) is 22.9. The molecule has 206 valence electrons. The van der Waals surface area contributed by atoms with E-state index in [0.717, 1.165) is 17.0 Å². The second-order valence-electron chi connectivity index (χ2n) is 11.9. The molecule has 0 bridgehead atoms. The first kappa shape index (κ1) is 28.4. The van der Waals surface area contributed by atoms with Gasteiger partial charge in [-0.2, -0.15) is 0 Å². The van der Waals surface area contributed by atoms with Gasteiger partial charge in [-0.05, 0) is 57.3 Å². The minimum Gasteiger partial charge on any atom is -0.493 e. The molecular formula is C29H36BrNO7. The monoisotopic (exact) mass is 589 g/mol. The van der Waals surface area contributed by atoms with Gasteiger partial charge in [0.2, 0.25) is 0 Å². The minimum atomic E-state index is -1.11. The van der Waals surface area contributed by atoms with Crippen molar-refractivity contribution in [2.45, 2.75) is 59.3 Å². The van der Waals surface area contributed by atoms with Gasteiger partial charge in [-0.1, -0.05) is 27.7 Å². The zero-order valence-corrected chi connectivity index (χ0v) is 24.5. The van der Waals surface area contributed by atoms with Crippen LogP contribution in [0.2, 0.25) is 0 Å². The average Bonchev–Trinajstić information content (AvgIpc) is 2.79. The summed E-state index contributed by atoms with van der Waals surface area (Å²) in [5, 5.41) is 9.09. The fourth-order valence-electron chi connectivity index (χ4n) is 6.01. The van der Waals surface area contributed by atoms with Crippen molar-refractivity contribution >= 4 is 33.5 Å². The van der Waals surface area contributed by atoms with E-state index in [0.29, 0.717) is 60.2 Å². The smallest absolute Gasteiger partial charge is 0.341 e. The van der Waals surface area contributed by atoms with Gasteiger partial charge >= 0.3 is 5.97 Å². The molecule has 1 N–H and O–H groups in total. The molecule has 0 amide bonds. The summed E-state index contributed by atoms with van der Waals surface area (Å²) in [6.45, 7) is 8.91. The highest BCUT2D eigenvalue weighted by Crippen LogP contribution is 2.55. The number of benzene rings is 1. The fraction of sp³-hybridized carbons (Fsp3) is 0.552. The van der Waals surface area contributed by atoms with E-state index >= 15 is 0 Å². The first-order valence-corrected chi connectivity index (χ1v) is 13.6. The molecule has 1 aromatic carbocycles. The summed E-state index contributed by atoms with van der Waals surface area (Å²) < 4.78 is 17.0. The molecule has 0 fully saturated rings. The van der Waals surface area contributed by atoms with Crippen molar-refractivity contribution in [3.05, 3.63) is 44.7 Å². The van der Waals surface area contributed by atoms with E-state index in [2.05, 4.69) is 48.5 Å². The molecule has 0 saturated heterocycles. The van der Waals surface area contributed by atoms with Crippen molar-refractivity contribution in [1.82, 2.24) is 4.90 Å². The first-order valence-electron chi connectivity index (χ1n) is 12.8. The van der Waals surface area contributed by atoms with Gasteiger partial charge in [-0.3, -0.25) is 9.59 Å². The SMILES string of the molecule is COCCN1C2=C(C(=O)CC(C)(C)C2)C(c2cc(Br)c(OCC(=O)O)c(OC)c2)C2=C1CC(C)(C)CC2=O. The number of nitrogens with zero attached hydrogens (tertiary/aromatic N) is 1. The molecule has 1 aliphatic heterocycles. The molecule has 1 aromatic rings. The van der Waals surface area contributed by atoms with Gasteiger partial charge in [-0.25, -0.2) is 4.79 Å². The Morgan fingerprint density at radius 3 is 2.03 bits per heavy atom. The Morgan fingerprint density at radius 2 is 1.55 bits per heavy atom. The molecule has 8 nitrogen and oxygen atoms in total. The number of carboxylic acid groups (broad SMARTS) is 1. The van der Waals surface area contributed by atoms with E-state index in [1.54, 1.807) is 13.2 Å².